The lowest BCUT2D eigenvalue weighted by molar-refractivity contribution is -0.147. The number of para-hydroxylation sites is 2. The van der Waals surface area contributed by atoms with Crippen molar-refractivity contribution >= 4 is 11.7 Å². The van der Waals surface area contributed by atoms with Gasteiger partial charge in [0.05, 0.1) is 5.69 Å². The minimum Gasteiger partial charge on any atom is -0.480 e. The van der Waals surface area contributed by atoms with E-state index in [-0.39, 0.29) is 13.2 Å². The largest absolute Gasteiger partial charge is 0.480 e. The molecule has 0 aliphatic carbocycles. The van der Waals surface area contributed by atoms with Crippen LogP contribution in [0.2, 0.25) is 0 Å². The first kappa shape index (κ1) is 14.9. The van der Waals surface area contributed by atoms with Gasteiger partial charge in [0, 0.05) is 0 Å². The van der Waals surface area contributed by atoms with Gasteiger partial charge in [-0.3, -0.25) is 0 Å². The number of hydrogen-bond acceptors (Lipinski definition) is 4. The molecule has 0 saturated carbocycles. The summed E-state index contributed by atoms with van der Waals surface area (Å²) in [4.78, 5) is 11.7. The van der Waals surface area contributed by atoms with Gasteiger partial charge in [0.25, 0.3) is 0 Å². The van der Waals surface area contributed by atoms with Crippen molar-refractivity contribution in [2.24, 2.45) is 0 Å². The fourth-order valence-electron chi connectivity index (χ4n) is 1.85. The minimum atomic E-state index is -0.420. The minimum absolute atomic E-state index is 0.154. The van der Waals surface area contributed by atoms with Gasteiger partial charge in [-0.2, -0.15) is 0 Å². The van der Waals surface area contributed by atoms with E-state index >= 15 is 0 Å². The van der Waals surface area contributed by atoms with Gasteiger partial charge in [0.2, 0.25) is 0 Å². The van der Waals surface area contributed by atoms with Crippen LogP contribution in [-0.4, -0.2) is 12.6 Å². The summed E-state index contributed by atoms with van der Waals surface area (Å²) >= 11 is 0. The number of benzene rings is 2. The molecule has 2 N–H and O–H groups in total. The van der Waals surface area contributed by atoms with Crippen LogP contribution in [0.15, 0.2) is 42.5 Å². The molecule has 21 heavy (non-hydrogen) atoms. The number of anilines is 1. The number of nitrogen functional groups attached to an aromatic ring is 1. The Bertz CT molecular complexity index is 638. The van der Waals surface area contributed by atoms with Gasteiger partial charge in [0.1, 0.15) is 12.4 Å². The summed E-state index contributed by atoms with van der Waals surface area (Å²) in [7, 11) is 0. The summed E-state index contributed by atoms with van der Waals surface area (Å²) in [5, 5.41) is 0. The highest BCUT2D eigenvalue weighted by molar-refractivity contribution is 5.71. The van der Waals surface area contributed by atoms with Crippen LogP contribution in [0.1, 0.15) is 16.7 Å². The smallest absolute Gasteiger partial charge is 0.344 e. The Hall–Kier alpha value is -2.49. The summed E-state index contributed by atoms with van der Waals surface area (Å²) in [5.74, 6) is 0.0668. The molecule has 0 spiro atoms. The molecule has 0 heterocycles. The molecule has 0 aliphatic rings. The second-order valence-corrected chi connectivity index (χ2v) is 4.91. The average molecular weight is 285 g/mol. The molecule has 0 amide bonds. The monoisotopic (exact) mass is 285 g/mol. The van der Waals surface area contributed by atoms with Gasteiger partial charge in [0.15, 0.2) is 6.61 Å². The van der Waals surface area contributed by atoms with Crippen LogP contribution in [0.25, 0.3) is 0 Å². The van der Waals surface area contributed by atoms with E-state index in [1.54, 1.807) is 24.3 Å². The average Bonchev–Trinajstić information content (AvgIpc) is 2.47. The molecule has 0 fully saturated rings. The van der Waals surface area contributed by atoms with Gasteiger partial charge in [-0.15, -0.1) is 0 Å². The summed E-state index contributed by atoms with van der Waals surface area (Å²) in [6, 6.07) is 13.0. The molecule has 0 radical (unpaired) electrons. The maximum Gasteiger partial charge on any atom is 0.344 e. The summed E-state index contributed by atoms with van der Waals surface area (Å²) < 4.78 is 10.5. The number of ether oxygens (including phenoxy) is 2. The van der Waals surface area contributed by atoms with Crippen LogP contribution in [0.5, 0.6) is 5.75 Å². The molecule has 0 atom stereocenters. The van der Waals surface area contributed by atoms with Crippen molar-refractivity contribution in [3.8, 4) is 5.75 Å². The third-order valence-corrected chi connectivity index (χ3v) is 3.24. The van der Waals surface area contributed by atoms with Crippen LogP contribution in [0.4, 0.5) is 5.69 Å². The maximum atomic E-state index is 11.7. The zero-order valence-electron chi connectivity index (χ0n) is 12.3. The van der Waals surface area contributed by atoms with E-state index in [2.05, 4.69) is 0 Å². The standard InChI is InChI=1S/C17H19NO3/c1-12-7-8-14(9-13(12)2)10-21-17(19)11-20-16-6-4-3-5-15(16)18/h3-9H,10-11,18H2,1-2H3. The second kappa shape index (κ2) is 6.79. The van der Waals surface area contributed by atoms with Crippen LogP contribution in [-0.2, 0) is 16.1 Å². The van der Waals surface area contributed by atoms with Gasteiger partial charge in [-0.1, -0.05) is 30.3 Å². The number of hydrogen-bond donors (Lipinski definition) is 1. The lowest BCUT2D eigenvalue weighted by atomic mass is 10.1. The fraction of sp³-hybridized carbons (Fsp3) is 0.235. The third kappa shape index (κ3) is 4.24. The van der Waals surface area contributed by atoms with Crippen molar-refractivity contribution in [1.82, 2.24) is 0 Å². The van der Waals surface area contributed by atoms with E-state index in [9.17, 15) is 4.79 Å². The molecule has 4 nitrogen and oxygen atoms in total. The molecule has 2 aromatic rings. The number of carbonyl (C=O) groups excluding carboxylic acids is 1. The molecule has 2 rings (SSSR count). The molecule has 110 valence electrons. The molecular weight excluding hydrogens is 266 g/mol. The first-order valence-electron chi connectivity index (χ1n) is 6.75. The maximum absolute atomic E-state index is 11.7. The van der Waals surface area contributed by atoms with E-state index in [4.69, 9.17) is 15.2 Å². The highest BCUT2D eigenvalue weighted by atomic mass is 16.6. The highest BCUT2D eigenvalue weighted by Gasteiger charge is 2.07. The topological polar surface area (TPSA) is 61.5 Å². The SMILES string of the molecule is Cc1ccc(COC(=O)COc2ccccc2N)cc1C. The van der Waals surface area contributed by atoms with E-state index in [1.165, 1.54) is 11.1 Å². The zero-order chi connectivity index (χ0) is 15.2. The predicted molar refractivity (Wildman–Crippen MR) is 82.1 cm³/mol. The van der Waals surface area contributed by atoms with Gasteiger partial charge in [-0.05, 0) is 42.7 Å². The van der Waals surface area contributed by atoms with E-state index < -0.39 is 5.97 Å². The molecule has 0 unspecified atom stereocenters. The Morgan fingerprint density at radius 3 is 2.57 bits per heavy atom. The Morgan fingerprint density at radius 2 is 1.86 bits per heavy atom. The number of rotatable bonds is 5. The highest BCUT2D eigenvalue weighted by Crippen LogP contribution is 2.19. The fourth-order valence-corrected chi connectivity index (χ4v) is 1.85. The number of carbonyl (C=O) groups is 1. The Kier molecular flexibility index (Phi) is 4.82. The Balaban J connectivity index is 1.82. The first-order chi connectivity index (χ1) is 10.1. The summed E-state index contributed by atoms with van der Waals surface area (Å²) in [6.45, 7) is 4.16. The van der Waals surface area contributed by atoms with E-state index in [0.29, 0.717) is 11.4 Å². The van der Waals surface area contributed by atoms with Crippen LogP contribution >= 0.6 is 0 Å². The molecule has 0 bridgehead atoms. The van der Waals surface area contributed by atoms with Crippen LogP contribution < -0.4 is 10.5 Å². The lowest BCUT2D eigenvalue weighted by Crippen LogP contribution is -2.15. The molecule has 2 aromatic carbocycles. The quantitative estimate of drug-likeness (QED) is 0.677. The van der Waals surface area contributed by atoms with Crippen molar-refractivity contribution in [3.05, 3.63) is 59.2 Å². The van der Waals surface area contributed by atoms with Crippen molar-refractivity contribution in [2.75, 3.05) is 12.3 Å². The number of esters is 1. The summed E-state index contributed by atoms with van der Waals surface area (Å²) in [5.41, 5.74) is 9.58. The van der Waals surface area contributed by atoms with Gasteiger partial charge in [-0.25, -0.2) is 4.79 Å². The van der Waals surface area contributed by atoms with Crippen LogP contribution in [0.3, 0.4) is 0 Å². The molecule has 0 aliphatic heterocycles. The third-order valence-electron chi connectivity index (χ3n) is 3.24. The first-order valence-corrected chi connectivity index (χ1v) is 6.75. The van der Waals surface area contributed by atoms with E-state index in [1.807, 2.05) is 32.0 Å². The normalized spacial score (nSPS) is 10.2. The van der Waals surface area contributed by atoms with Gasteiger partial charge >= 0.3 is 5.97 Å². The predicted octanol–water partition coefficient (Wildman–Crippen LogP) is 3.01. The molecule has 0 saturated heterocycles. The Morgan fingerprint density at radius 1 is 1.10 bits per heavy atom. The lowest BCUT2D eigenvalue weighted by Gasteiger charge is -2.09. The number of aryl methyl sites for hydroxylation is 2. The van der Waals surface area contributed by atoms with Crippen molar-refractivity contribution in [2.45, 2.75) is 20.5 Å². The molecule has 4 heteroatoms. The van der Waals surface area contributed by atoms with Crippen molar-refractivity contribution in [1.29, 1.82) is 0 Å². The van der Waals surface area contributed by atoms with Gasteiger partial charge < -0.3 is 15.2 Å². The summed E-state index contributed by atoms with van der Waals surface area (Å²) in [6.07, 6.45) is 0. The molecule has 0 aromatic heterocycles. The van der Waals surface area contributed by atoms with Crippen molar-refractivity contribution in [3.63, 3.8) is 0 Å². The Labute approximate surface area is 124 Å². The molecular formula is C17H19NO3. The zero-order valence-corrected chi connectivity index (χ0v) is 12.3. The van der Waals surface area contributed by atoms with Crippen molar-refractivity contribution < 1.29 is 14.3 Å². The van der Waals surface area contributed by atoms with Crippen LogP contribution in [0, 0.1) is 13.8 Å². The second-order valence-electron chi connectivity index (χ2n) is 4.91. The number of nitrogens with two attached hydrogens (primary N) is 1. The van der Waals surface area contributed by atoms with E-state index in [0.717, 1.165) is 5.56 Å².